The zero-order chi connectivity index (χ0) is 25.6. The molecule has 2 unspecified atom stereocenters. The largest absolute Gasteiger partial charge is 0.272 e. The van der Waals surface area contributed by atoms with Crippen molar-refractivity contribution >= 4 is 73.7 Å². The first-order valence-corrected chi connectivity index (χ1v) is 12.8. The zero-order valence-corrected chi connectivity index (χ0v) is 22.5. The molecule has 0 aliphatic carbocycles. The molecule has 2 aliphatic rings. The van der Waals surface area contributed by atoms with Gasteiger partial charge >= 0.3 is 0 Å². The molecule has 2 aliphatic heterocycles. The summed E-state index contributed by atoms with van der Waals surface area (Å²) < 4.78 is 0.850. The van der Waals surface area contributed by atoms with E-state index in [1.807, 2.05) is 38.1 Å². The summed E-state index contributed by atoms with van der Waals surface area (Å²) in [4.78, 5) is 27.7. The molecule has 182 valence electrons. The second-order valence-corrected chi connectivity index (χ2v) is 10.6. The second-order valence-electron chi connectivity index (χ2n) is 8.78. The van der Waals surface area contributed by atoms with Crippen LogP contribution < -0.4 is 10.0 Å². The Morgan fingerprint density at radius 2 is 1.22 bits per heavy atom. The predicted octanol–water partition coefficient (Wildman–Crippen LogP) is 6.92. The molecule has 6 nitrogen and oxygen atoms in total. The molecule has 0 radical (unpaired) electrons. The molecule has 0 bridgehead atoms. The van der Waals surface area contributed by atoms with Gasteiger partial charge in [0.05, 0.1) is 23.2 Å². The number of benzene rings is 3. The molecule has 0 N–H and O–H groups in total. The topological polar surface area (TPSA) is 65.3 Å². The minimum atomic E-state index is -0.670. The molecule has 3 aromatic carbocycles. The Balaban J connectivity index is 1.58. The fourth-order valence-electron chi connectivity index (χ4n) is 4.86. The maximum Gasteiger partial charge on any atom is 0.256 e. The summed E-state index contributed by atoms with van der Waals surface area (Å²) in [5.74, 6) is -2.31. The van der Waals surface area contributed by atoms with Crippen LogP contribution in [0.2, 0.25) is 10.0 Å². The van der Waals surface area contributed by atoms with Crippen molar-refractivity contribution in [2.24, 2.45) is 22.0 Å². The highest BCUT2D eigenvalue weighted by molar-refractivity contribution is 9.10. The number of hydrazone groups is 2. The third-order valence-electron chi connectivity index (χ3n) is 6.42. The van der Waals surface area contributed by atoms with Crippen molar-refractivity contribution in [1.29, 1.82) is 0 Å². The van der Waals surface area contributed by atoms with Crippen LogP contribution in [0, 0.1) is 11.8 Å². The standard InChI is InChI=1S/C27H21BrCl2N4O2/c1-15-23(26(35)33(31-15)21-10-4-8-19(29)13-21)25(17-6-3-7-18(28)12-17)24-16(2)32-34(27(24)36)22-11-5-9-20(30)14-22/h3-14,23-25H,1-2H3. The maximum absolute atomic E-state index is 13.9. The lowest BCUT2D eigenvalue weighted by Crippen LogP contribution is -2.40. The monoisotopic (exact) mass is 582 g/mol. The van der Waals surface area contributed by atoms with Crippen LogP contribution in [-0.4, -0.2) is 23.2 Å². The maximum atomic E-state index is 13.9. The van der Waals surface area contributed by atoms with Gasteiger partial charge < -0.3 is 0 Å². The lowest BCUT2D eigenvalue weighted by molar-refractivity contribution is -0.122. The predicted molar refractivity (Wildman–Crippen MR) is 148 cm³/mol. The van der Waals surface area contributed by atoms with Crippen LogP contribution in [0.4, 0.5) is 11.4 Å². The first-order valence-electron chi connectivity index (χ1n) is 11.3. The molecule has 3 aromatic rings. The van der Waals surface area contributed by atoms with Crippen molar-refractivity contribution in [2.75, 3.05) is 10.0 Å². The van der Waals surface area contributed by atoms with Crippen LogP contribution in [0.1, 0.15) is 25.3 Å². The van der Waals surface area contributed by atoms with E-state index in [4.69, 9.17) is 23.2 Å². The van der Waals surface area contributed by atoms with Crippen LogP contribution in [-0.2, 0) is 9.59 Å². The lowest BCUT2D eigenvalue weighted by Gasteiger charge is -2.29. The van der Waals surface area contributed by atoms with E-state index in [9.17, 15) is 9.59 Å². The molecule has 36 heavy (non-hydrogen) atoms. The summed E-state index contributed by atoms with van der Waals surface area (Å²) in [5, 5.41) is 12.9. The number of hydrogen-bond acceptors (Lipinski definition) is 4. The third kappa shape index (κ3) is 4.47. The summed E-state index contributed by atoms with van der Waals surface area (Å²) in [6.45, 7) is 3.64. The third-order valence-corrected chi connectivity index (χ3v) is 7.39. The lowest BCUT2D eigenvalue weighted by atomic mass is 9.73. The fourth-order valence-corrected chi connectivity index (χ4v) is 5.65. The Morgan fingerprint density at radius 1 is 0.750 bits per heavy atom. The van der Waals surface area contributed by atoms with Crippen molar-refractivity contribution in [2.45, 2.75) is 19.8 Å². The Labute approximate surface area is 227 Å². The minimum absolute atomic E-state index is 0.221. The number of halogens is 3. The van der Waals surface area contributed by atoms with Gasteiger partial charge in [-0.15, -0.1) is 0 Å². The van der Waals surface area contributed by atoms with Gasteiger partial charge in [0.1, 0.15) is 0 Å². The summed E-state index contributed by atoms with van der Waals surface area (Å²) in [5.41, 5.74) is 3.22. The van der Waals surface area contributed by atoms with Gasteiger partial charge in [0.2, 0.25) is 0 Å². The van der Waals surface area contributed by atoms with E-state index in [0.29, 0.717) is 32.8 Å². The molecular formula is C27H21BrCl2N4O2. The van der Waals surface area contributed by atoms with Gasteiger partial charge in [-0.2, -0.15) is 10.2 Å². The van der Waals surface area contributed by atoms with Gasteiger partial charge in [0.15, 0.2) is 0 Å². The van der Waals surface area contributed by atoms with Crippen LogP contribution in [0.5, 0.6) is 0 Å². The zero-order valence-electron chi connectivity index (χ0n) is 19.4. The van der Waals surface area contributed by atoms with E-state index in [1.165, 1.54) is 10.0 Å². The number of amides is 2. The van der Waals surface area contributed by atoms with Crippen molar-refractivity contribution in [3.63, 3.8) is 0 Å². The van der Waals surface area contributed by atoms with Gasteiger partial charge in [0, 0.05) is 31.9 Å². The van der Waals surface area contributed by atoms with Gasteiger partial charge in [0.25, 0.3) is 11.8 Å². The molecule has 0 fully saturated rings. The van der Waals surface area contributed by atoms with Crippen molar-refractivity contribution in [3.05, 3.63) is 92.9 Å². The second kappa shape index (κ2) is 9.81. The van der Waals surface area contributed by atoms with E-state index in [0.717, 1.165) is 10.0 Å². The summed E-state index contributed by atoms with van der Waals surface area (Å²) in [6, 6.07) is 21.7. The average Bonchev–Trinajstić information content (AvgIpc) is 3.30. The normalized spacial score (nSPS) is 20.6. The van der Waals surface area contributed by atoms with E-state index in [2.05, 4.69) is 26.1 Å². The summed E-state index contributed by atoms with van der Waals surface area (Å²) in [7, 11) is 0. The van der Waals surface area contributed by atoms with Gasteiger partial charge in [-0.3, -0.25) is 9.59 Å². The summed E-state index contributed by atoms with van der Waals surface area (Å²) >= 11 is 15.9. The van der Waals surface area contributed by atoms with Gasteiger partial charge in [-0.05, 0) is 67.9 Å². The van der Waals surface area contributed by atoms with E-state index < -0.39 is 17.8 Å². The molecule has 9 heteroatoms. The Morgan fingerprint density at radius 3 is 1.67 bits per heavy atom. The van der Waals surface area contributed by atoms with Gasteiger partial charge in [-0.25, -0.2) is 10.0 Å². The molecule has 0 saturated carbocycles. The molecule has 2 atom stereocenters. The van der Waals surface area contributed by atoms with Crippen molar-refractivity contribution < 1.29 is 9.59 Å². The Kier molecular flexibility index (Phi) is 6.72. The number of carbonyl (C=O) groups is 2. The van der Waals surface area contributed by atoms with Crippen LogP contribution >= 0.6 is 39.1 Å². The number of rotatable bonds is 5. The first kappa shape index (κ1) is 24.7. The highest BCUT2D eigenvalue weighted by Gasteiger charge is 2.50. The Hall–Kier alpha value is -3.00. The molecule has 5 rings (SSSR count). The van der Waals surface area contributed by atoms with Crippen molar-refractivity contribution in [1.82, 2.24) is 0 Å². The number of nitrogens with zero attached hydrogens (tertiary/aromatic N) is 4. The molecule has 0 aromatic heterocycles. The Bertz CT molecular complexity index is 1360. The molecule has 0 saturated heterocycles. The molecule has 2 heterocycles. The highest BCUT2D eigenvalue weighted by atomic mass is 79.9. The molecule has 0 spiro atoms. The summed E-state index contributed by atoms with van der Waals surface area (Å²) in [6.07, 6.45) is 0. The van der Waals surface area contributed by atoms with Crippen LogP contribution in [0.3, 0.4) is 0 Å². The minimum Gasteiger partial charge on any atom is -0.272 e. The van der Waals surface area contributed by atoms with Crippen LogP contribution in [0.15, 0.2) is 87.5 Å². The first-order chi connectivity index (χ1) is 17.2. The number of hydrogen-bond donors (Lipinski definition) is 0. The van der Waals surface area contributed by atoms with E-state index >= 15 is 0 Å². The number of carbonyl (C=O) groups excluding carboxylic acids is 2. The average molecular weight is 584 g/mol. The fraction of sp³-hybridized carbons (Fsp3) is 0.185. The molecule has 2 amide bonds. The van der Waals surface area contributed by atoms with Gasteiger partial charge in [-0.1, -0.05) is 63.4 Å². The highest BCUT2D eigenvalue weighted by Crippen LogP contribution is 2.43. The SMILES string of the molecule is CC1=NN(c2cccc(Cl)c2)C(=O)C1C(c1cccc(Br)c1)C1C(=O)N(c2cccc(Cl)c2)N=C1C. The van der Waals surface area contributed by atoms with Crippen molar-refractivity contribution in [3.8, 4) is 0 Å². The quantitative estimate of drug-likeness (QED) is 0.327. The molecular weight excluding hydrogens is 563 g/mol. The smallest absolute Gasteiger partial charge is 0.256 e. The van der Waals surface area contributed by atoms with Crippen LogP contribution in [0.25, 0.3) is 0 Å². The van der Waals surface area contributed by atoms with E-state index in [1.54, 1.807) is 48.5 Å². The van der Waals surface area contributed by atoms with E-state index in [-0.39, 0.29) is 11.8 Å². The number of anilines is 2.